The van der Waals surface area contributed by atoms with E-state index in [1.807, 2.05) is 25.9 Å². The Morgan fingerprint density at radius 1 is 1.40 bits per heavy atom. The van der Waals surface area contributed by atoms with Gasteiger partial charge in [-0.3, -0.25) is 4.79 Å². The molecule has 0 aliphatic rings. The second-order valence-corrected chi connectivity index (χ2v) is 4.57. The van der Waals surface area contributed by atoms with Crippen molar-refractivity contribution in [3.63, 3.8) is 0 Å². The Morgan fingerprint density at radius 2 is 2.05 bits per heavy atom. The van der Waals surface area contributed by atoms with Crippen LogP contribution in [0.3, 0.4) is 0 Å². The average Bonchev–Trinajstić information content (AvgIpc) is 2.27. The fourth-order valence-corrected chi connectivity index (χ4v) is 1.97. The topological polar surface area (TPSA) is 59.0 Å². The Labute approximate surface area is 125 Å². The van der Waals surface area contributed by atoms with E-state index in [-0.39, 0.29) is 18.2 Å². The molecule has 0 aromatic heterocycles. The van der Waals surface area contributed by atoms with Crippen LogP contribution in [0.2, 0.25) is 0 Å². The predicted molar refractivity (Wildman–Crippen MR) is 79.0 cm³/mol. The van der Waals surface area contributed by atoms with Crippen molar-refractivity contribution in [3.8, 4) is 5.75 Å². The number of phenolic OH excluding ortho intramolecular Hbond substituents is 1. The molecule has 0 aliphatic heterocycles. The maximum absolute atomic E-state index is 11.4. The Kier molecular flexibility index (Phi) is 7.57. The van der Waals surface area contributed by atoms with Crippen molar-refractivity contribution in [1.82, 2.24) is 4.90 Å². The highest BCUT2D eigenvalue weighted by atomic mass is 35.5. The Balaban J connectivity index is 0.00000361. The largest absolute Gasteiger partial charge is 0.508 e. The molecule has 0 bridgehead atoms. The van der Waals surface area contributed by atoms with E-state index >= 15 is 0 Å². The van der Waals surface area contributed by atoms with Gasteiger partial charge in [-0.1, -0.05) is 12.1 Å². The molecule has 0 saturated carbocycles. The molecule has 0 radical (unpaired) electrons. The molecule has 0 spiro atoms. The van der Waals surface area contributed by atoms with Crippen LogP contribution in [-0.2, 0) is 20.1 Å². The van der Waals surface area contributed by atoms with Gasteiger partial charge < -0.3 is 19.5 Å². The smallest absolute Gasteiger partial charge is 0.305 e. The molecule has 6 heteroatoms. The molecule has 5 nitrogen and oxygen atoms in total. The number of aromatic hydroxyl groups is 1. The number of hydrogen-bond donors (Lipinski definition) is 1. The summed E-state index contributed by atoms with van der Waals surface area (Å²) in [7, 11) is 3.72. The van der Waals surface area contributed by atoms with E-state index in [0.717, 1.165) is 0 Å². The average molecular weight is 304 g/mol. The van der Waals surface area contributed by atoms with Crippen molar-refractivity contribution in [2.45, 2.75) is 19.6 Å². The molecule has 1 rings (SSSR count). The van der Waals surface area contributed by atoms with E-state index in [2.05, 4.69) is 0 Å². The van der Waals surface area contributed by atoms with Gasteiger partial charge in [0.25, 0.3) is 5.79 Å². The molecule has 0 amide bonds. The minimum absolute atomic E-state index is 0. The Bertz CT molecular complexity index is 439. The molecule has 1 unspecified atom stereocenters. The number of likely N-dealkylation sites (N-methyl/N-ethyl adjacent to an activating group) is 1. The third kappa shape index (κ3) is 5.00. The zero-order valence-corrected chi connectivity index (χ0v) is 13.1. The van der Waals surface area contributed by atoms with Crippen LogP contribution in [0.25, 0.3) is 0 Å². The van der Waals surface area contributed by atoms with E-state index in [4.69, 9.17) is 9.47 Å². The van der Waals surface area contributed by atoms with E-state index in [0.29, 0.717) is 18.7 Å². The lowest BCUT2D eigenvalue weighted by molar-refractivity contribution is -0.241. The molecule has 0 aliphatic carbocycles. The maximum atomic E-state index is 11.4. The van der Waals surface area contributed by atoms with Crippen LogP contribution in [0.15, 0.2) is 24.3 Å². The first-order chi connectivity index (χ1) is 8.89. The molecule has 1 N–H and O–H groups in total. The molecular weight excluding hydrogens is 282 g/mol. The van der Waals surface area contributed by atoms with Crippen LogP contribution in [0.4, 0.5) is 0 Å². The number of esters is 1. The third-order valence-corrected chi connectivity index (χ3v) is 2.50. The quantitative estimate of drug-likeness (QED) is 0.644. The zero-order chi connectivity index (χ0) is 14.5. The fraction of sp³-hybridized carbons (Fsp3) is 0.500. The highest BCUT2D eigenvalue weighted by Gasteiger charge is 2.37. The van der Waals surface area contributed by atoms with Crippen LogP contribution in [0.1, 0.15) is 19.4 Å². The van der Waals surface area contributed by atoms with Gasteiger partial charge in [0, 0.05) is 19.1 Å². The Hall–Kier alpha value is -1.30. The highest BCUT2D eigenvalue weighted by Crippen LogP contribution is 2.30. The molecule has 0 heterocycles. The molecular formula is C14H22ClNO4. The van der Waals surface area contributed by atoms with Gasteiger partial charge in [0.05, 0.1) is 6.54 Å². The van der Waals surface area contributed by atoms with E-state index < -0.39 is 11.8 Å². The van der Waals surface area contributed by atoms with Crippen molar-refractivity contribution >= 4 is 18.4 Å². The van der Waals surface area contributed by atoms with E-state index in [1.54, 1.807) is 24.3 Å². The molecule has 20 heavy (non-hydrogen) atoms. The fourth-order valence-electron chi connectivity index (χ4n) is 1.97. The summed E-state index contributed by atoms with van der Waals surface area (Å²) in [5, 5.41) is 9.60. The van der Waals surface area contributed by atoms with E-state index in [9.17, 15) is 9.90 Å². The van der Waals surface area contributed by atoms with Crippen molar-refractivity contribution in [2.24, 2.45) is 0 Å². The summed E-state index contributed by atoms with van der Waals surface area (Å²) in [6, 6.07) is 6.56. The van der Waals surface area contributed by atoms with Gasteiger partial charge in [0.2, 0.25) is 0 Å². The standard InChI is InChI=1S/C14H21NO4.ClH/c1-5-18-14(10-15(3)4,19-11(2)16)12-7-6-8-13(17)9-12;/h6-9,17H,5,10H2,1-4H3;1H. The minimum atomic E-state index is -1.21. The van der Waals surface area contributed by atoms with Gasteiger partial charge in [-0.05, 0) is 33.2 Å². The third-order valence-electron chi connectivity index (χ3n) is 2.50. The van der Waals surface area contributed by atoms with Crippen LogP contribution >= 0.6 is 12.4 Å². The molecule has 1 aromatic rings. The maximum Gasteiger partial charge on any atom is 0.305 e. The number of phenols is 1. The number of benzene rings is 1. The number of rotatable bonds is 6. The predicted octanol–water partition coefficient (Wildman–Crippen LogP) is 2.13. The summed E-state index contributed by atoms with van der Waals surface area (Å²) in [5.41, 5.74) is 0.609. The second kappa shape index (κ2) is 8.09. The van der Waals surface area contributed by atoms with Gasteiger partial charge in [0.15, 0.2) is 0 Å². The zero-order valence-electron chi connectivity index (χ0n) is 12.3. The summed E-state index contributed by atoms with van der Waals surface area (Å²) in [5.74, 6) is -1.53. The van der Waals surface area contributed by atoms with Gasteiger partial charge in [-0.25, -0.2) is 0 Å². The van der Waals surface area contributed by atoms with Gasteiger partial charge >= 0.3 is 5.97 Å². The second-order valence-electron chi connectivity index (χ2n) is 4.57. The first-order valence-electron chi connectivity index (χ1n) is 6.17. The first-order valence-corrected chi connectivity index (χ1v) is 6.17. The minimum Gasteiger partial charge on any atom is -0.508 e. The normalized spacial score (nSPS) is 13.4. The molecule has 1 atom stereocenters. The van der Waals surface area contributed by atoms with Crippen LogP contribution in [0.5, 0.6) is 5.75 Å². The van der Waals surface area contributed by atoms with E-state index in [1.165, 1.54) is 6.92 Å². The number of ether oxygens (including phenoxy) is 2. The van der Waals surface area contributed by atoms with Crippen LogP contribution < -0.4 is 0 Å². The summed E-state index contributed by atoms with van der Waals surface area (Å²) in [4.78, 5) is 13.3. The van der Waals surface area contributed by atoms with Gasteiger partial charge in [0.1, 0.15) is 5.75 Å². The van der Waals surface area contributed by atoms with Gasteiger partial charge in [-0.15, -0.1) is 12.4 Å². The van der Waals surface area contributed by atoms with Crippen LogP contribution in [0, 0.1) is 0 Å². The summed E-state index contributed by atoms with van der Waals surface area (Å²) in [6.45, 7) is 3.92. The van der Waals surface area contributed by atoms with Crippen molar-refractivity contribution < 1.29 is 19.4 Å². The SMILES string of the molecule is CCOC(CN(C)C)(OC(C)=O)c1cccc(O)c1.Cl. The number of halogens is 1. The summed E-state index contributed by atoms with van der Waals surface area (Å²) < 4.78 is 11.1. The number of carbonyl (C=O) groups is 1. The van der Waals surface area contributed by atoms with Crippen molar-refractivity contribution in [3.05, 3.63) is 29.8 Å². The monoisotopic (exact) mass is 303 g/mol. The lowest BCUT2D eigenvalue weighted by atomic mass is 10.0. The molecule has 0 fully saturated rings. The highest BCUT2D eigenvalue weighted by molar-refractivity contribution is 5.85. The summed E-state index contributed by atoms with van der Waals surface area (Å²) >= 11 is 0. The lowest BCUT2D eigenvalue weighted by Gasteiger charge is -2.35. The first kappa shape index (κ1) is 18.7. The van der Waals surface area contributed by atoms with Crippen LogP contribution in [-0.4, -0.2) is 43.2 Å². The number of hydrogen-bond acceptors (Lipinski definition) is 5. The molecule has 0 saturated heterocycles. The molecule has 1 aromatic carbocycles. The van der Waals surface area contributed by atoms with Crippen molar-refractivity contribution in [1.29, 1.82) is 0 Å². The lowest BCUT2D eigenvalue weighted by Crippen LogP contribution is -2.43. The van der Waals surface area contributed by atoms with Crippen molar-refractivity contribution in [2.75, 3.05) is 27.2 Å². The number of carbonyl (C=O) groups excluding carboxylic acids is 1. The number of nitrogens with zero attached hydrogens (tertiary/aromatic N) is 1. The van der Waals surface area contributed by atoms with Gasteiger partial charge in [-0.2, -0.15) is 0 Å². The molecule has 114 valence electrons. The summed E-state index contributed by atoms with van der Waals surface area (Å²) in [6.07, 6.45) is 0. The Morgan fingerprint density at radius 3 is 2.50 bits per heavy atom.